The average Bonchev–Trinajstić information content (AvgIpc) is 2.43. The fourth-order valence-electron chi connectivity index (χ4n) is 2.01. The van der Waals surface area contributed by atoms with Crippen LogP contribution in [0.1, 0.15) is 30.9 Å². The van der Waals surface area contributed by atoms with Gasteiger partial charge in [0.2, 0.25) is 15.9 Å². The summed E-state index contributed by atoms with van der Waals surface area (Å²) in [5, 5.41) is 0. The van der Waals surface area contributed by atoms with E-state index in [9.17, 15) is 13.2 Å². The van der Waals surface area contributed by atoms with Crippen LogP contribution < -0.4 is 11.5 Å². The van der Waals surface area contributed by atoms with Gasteiger partial charge in [-0.25, -0.2) is 8.42 Å². The monoisotopic (exact) mass is 313 g/mol. The first-order chi connectivity index (χ1) is 9.90. The second-order valence-electron chi connectivity index (χ2n) is 4.88. The Morgan fingerprint density at radius 1 is 1.24 bits per heavy atom. The maximum Gasteiger partial charge on any atom is 0.232 e. The number of nitrogens with two attached hydrogens (primary N) is 2. The molecule has 1 aromatic carbocycles. The highest BCUT2D eigenvalue weighted by Gasteiger charge is 2.24. The summed E-state index contributed by atoms with van der Waals surface area (Å²) in [4.78, 5) is 11.1. The maximum absolute atomic E-state index is 12.5. The van der Waals surface area contributed by atoms with Gasteiger partial charge in [-0.2, -0.15) is 4.31 Å². The van der Waals surface area contributed by atoms with Crippen molar-refractivity contribution in [3.05, 3.63) is 35.4 Å². The van der Waals surface area contributed by atoms with Crippen molar-refractivity contribution in [2.75, 3.05) is 13.1 Å². The Balaban J connectivity index is 2.97. The van der Waals surface area contributed by atoms with Gasteiger partial charge >= 0.3 is 0 Å². The maximum atomic E-state index is 12.5. The molecule has 0 fully saturated rings. The molecule has 0 saturated carbocycles. The molecule has 0 radical (unpaired) electrons. The number of rotatable bonds is 9. The summed E-state index contributed by atoms with van der Waals surface area (Å²) in [6.45, 7) is 2.24. The summed E-state index contributed by atoms with van der Waals surface area (Å²) in [7, 11) is -3.60. The average molecular weight is 313 g/mol. The predicted octanol–water partition coefficient (Wildman–Crippen LogP) is 0.563. The molecule has 1 amide bonds. The molecule has 0 aromatic heterocycles. The van der Waals surface area contributed by atoms with Crippen LogP contribution in [0, 0.1) is 0 Å². The molecular formula is C14H23N3O3S. The minimum atomic E-state index is -3.60. The van der Waals surface area contributed by atoms with Gasteiger partial charge in [0.1, 0.15) is 0 Å². The fourth-order valence-corrected chi connectivity index (χ4v) is 3.60. The van der Waals surface area contributed by atoms with Crippen LogP contribution >= 0.6 is 0 Å². The van der Waals surface area contributed by atoms with E-state index in [-0.39, 0.29) is 18.8 Å². The summed E-state index contributed by atoms with van der Waals surface area (Å²) < 4.78 is 26.1. The molecule has 0 aliphatic carbocycles. The highest BCUT2D eigenvalue weighted by atomic mass is 32.2. The molecule has 0 unspecified atom stereocenters. The Morgan fingerprint density at radius 3 is 2.38 bits per heavy atom. The van der Waals surface area contributed by atoms with E-state index in [4.69, 9.17) is 11.5 Å². The van der Waals surface area contributed by atoms with Crippen LogP contribution in [0.3, 0.4) is 0 Å². The number of carbonyl (C=O) groups is 1. The van der Waals surface area contributed by atoms with Crippen molar-refractivity contribution in [3.8, 4) is 0 Å². The highest BCUT2D eigenvalue weighted by molar-refractivity contribution is 7.88. The van der Waals surface area contributed by atoms with Crippen molar-refractivity contribution < 1.29 is 13.2 Å². The number of primary amides is 1. The van der Waals surface area contributed by atoms with E-state index in [0.29, 0.717) is 18.5 Å². The van der Waals surface area contributed by atoms with Crippen molar-refractivity contribution in [1.82, 2.24) is 4.31 Å². The zero-order valence-corrected chi connectivity index (χ0v) is 13.1. The lowest BCUT2D eigenvalue weighted by Gasteiger charge is -2.21. The lowest BCUT2D eigenvalue weighted by Crippen LogP contribution is -2.39. The second kappa shape index (κ2) is 8.11. The number of benzene rings is 1. The number of hydrogen-bond donors (Lipinski definition) is 2. The first-order valence-corrected chi connectivity index (χ1v) is 8.54. The van der Waals surface area contributed by atoms with Crippen LogP contribution in [-0.4, -0.2) is 31.7 Å². The van der Waals surface area contributed by atoms with E-state index >= 15 is 0 Å². The van der Waals surface area contributed by atoms with Gasteiger partial charge < -0.3 is 11.5 Å². The van der Waals surface area contributed by atoms with Crippen LogP contribution in [0.25, 0.3) is 0 Å². The Kier molecular flexibility index (Phi) is 6.80. The first kappa shape index (κ1) is 17.6. The van der Waals surface area contributed by atoms with Gasteiger partial charge in [-0.15, -0.1) is 0 Å². The molecule has 0 saturated heterocycles. The number of amides is 1. The van der Waals surface area contributed by atoms with E-state index < -0.39 is 15.9 Å². The molecule has 4 N–H and O–H groups in total. The minimum absolute atomic E-state index is 0.169. The largest absolute Gasteiger partial charge is 0.369 e. The van der Waals surface area contributed by atoms with E-state index in [0.717, 1.165) is 16.3 Å². The molecular weight excluding hydrogens is 290 g/mol. The van der Waals surface area contributed by atoms with Gasteiger partial charge in [0.15, 0.2) is 0 Å². The topological polar surface area (TPSA) is 106 Å². The Hall–Kier alpha value is -1.44. The summed E-state index contributed by atoms with van der Waals surface area (Å²) in [5.41, 5.74) is 12.2. The normalized spacial score (nSPS) is 11.8. The van der Waals surface area contributed by atoms with Crippen LogP contribution in [-0.2, 0) is 27.1 Å². The molecule has 6 nitrogen and oxygen atoms in total. The number of unbranched alkanes of at least 4 members (excludes halogenated alkanes) is 1. The Labute approximate surface area is 126 Å². The summed E-state index contributed by atoms with van der Waals surface area (Å²) in [5.74, 6) is -0.820. The van der Waals surface area contributed by atoms with Crippen LogP contribution in [0.5, 0.6) is 0 Å². The zero-order valence-electron chi connectivity index (χ0n) is 12.3. The number of nitrogens with zero attached hydrogens (tertiary/aromatic N) is 1. The smallest absolute Gasteiger partial charge is 0.232 e. The third kappa shape index (κ3) is 5.45. The fraction of sp³-hybridized carbons (Fsp3) is 0.500. The molecule has 0 atom stereocenters. The van der Waals surface area contributed by atoms with E-state index in [2.05, 4.69) is 0 Å². The van der Waals surface area contributed by atoms with Gasteiger partial charge in [-0.05, 0) is 17.5 Å². The van der Waals surface area contributed by atoms with Crippen molar-refractivity contribution >= 4 is 15.9 Å². The van der Waals surface area contributed by atoms with Gasteiger partial charge in [0.25, 0.3) is 0 Å². The van der Waals surface area contributed by atoms with Crippen molar-refractivity contribution in [1.29, 1.82) is 0 Å². The molecule has 0 aliphatic rings. The molecule has 21 heavy (non-hydrogen) atoms. The minimum Gasteiger partial charge on any atom is -0.369 e. The van der Waals surface area contributed by atoms with E-state index in [1.54, 1.807) is 18.2 Å². The first-order valence-electron chi connectivity index (χ1n) is 6.93. The van der Waals surface area contributed by atoms with Gasteiger partial charge in [-0.1, -0.05) is 37.6 Å². The third-order valence-electron chi connectivity index (χ3n) is 3.16. The molecule has 1 rings (SSSR count). The standard InChI is InChI=1S/C14H23N3O3S/c1-2-3-8-17(10-14(16)18)21(19,20)11-13-7-5-4-6-12(13)9-15/h4-7H,2-3,8-11,15H2,1H3,(H2,16,18). The van der Waals surface area contributed by atoms with E-state index in [1.165, 1.54) is 0 Å². The Bertz CT molecular complexity index is 573. The molecule has 0 heterocycles. The molecule has 0 bridgehead atoms. The van der Waals surface area contributed by atoms with Crippen LogP contribution in [0.2, 0.25) is 0 Å². The SMILES string of the molecule is CCCCN(CC(N)=O)S(=O)(=O)Cc1ccccc1CN. The summed E-state index contributed by atoms with van der Waals surface area (Å²) in [6, 6.07) is 7.13. The van der Waals surface area contributed by atoms with Gasteiger partial charge in [-0.3, -0.25) is 4.79 Å². The van der Waals surface area contributed by atoms with Crippen LogP contribution in [0.15, 0.2) is 24.3 Å². The van der Waals surface area contributed by atoms with Crippen molar-refractivity contribution in [2.45, 2.75) is 32.1 Å². The van der Waals surface area contributed by atoms with Gasteiger partial charge in [0, 0.05) is 13.1 Å². The third-order valence-corrected chi connectivity index (χ3v) is 4.94. The predicted molar refractivity (Wildman–Crippen MR) is 82.6 cm³/mol. The molecule has 0 aliphatic heterocycles. The van der Waals surface area contributed by atoms with Crippen molar-refractivity contribution in [2.24, 2.45) is 11.5 Å². The molecule has 118 valence electrons. The van der Waals surface area contributed by atoms with Crippen molar-refractivity contribution in [3.63, 3.8) is 0 Å². The quantitative estimate of drug-likeness (QED) is 0.694. The van der Waals surface area contributed by atoms with Crippen LogP contribution in [0.4, 0.5) is 0 Å². The number of hydrogen-bond acceptors (Lipinski definition) is 4. The number of sulfonamides is 1. The summed E-state index contributed by atoms with van der Waals surface area (Å²) >= 11 is 0. The zero-order chi connectivity index (χ0) is 15.9. The highest BCUT2D eigenvalue weighted by Crippen LogP contribution is 2.15. The summed E-state index contributed by atoms with van der Waals surface area (Å²) in [6.07, 6.45) is 1.52. The van der Waals surface area contributed by atoms with Gasteiger partial charge in [0.05, 0.1) is 12.3 Å². The molecule has 7 heteroatoms. The Morgan fingerprint density at radius 2 is 1.86 bits per heavy atom. The second-order valence-corrected chi connectivity index (χ2v) is 6.85. The molecule has 1 aromatic rings. The van der Waals surface area contributed by atoms with E-state index in [1.807, 2.05) is 13.0 Å². The number of carbonyl (C=O) groups excluding carboxylic acids is 1. The lowest BCUT2D eigenvalue weighted by atomic mass is 10.1. The molecule has 0 spiro atoms. The lowest BCUT2D eigenvalue weighted by molar-refractivity contribution is -0.118.